The van der Waals surface area contributed by atoms with Crippen LogP contribution in [0.1, 0.15) is 45.4 Å². The number of unbranched alkanes of at least 4 members (excludes halogenated alkanes) is 2. The smallest absolute Gasteiger partial charge is 0.0313 e. The second-order valence-electron chi connectivity index (χ2n) is 4.88. The molecule has 0 aliphatic heterocycles. The topological polar surface area (TPSA) is 12.0 Å². The van der Waals surface area contributed by atoms with Gasteiger partial charge in [0.1, 0.15) is 0 Å². The number of rotatable bonds is 11. The SMILES string of the molecule is CCCCCC(CCCNC)S(C)(S)CSC. The van der Waals surface area contributed by atoms with Gasteiger partial charge < -0.3 is 5.32 Å². The average Bonchev–Trinajstić information content (AvgIpc) is 2.27. The van der Waals surface area contributed by atoms with Gasteiger partial charge in [-0.3, -0.25) is 0 Å². The Balaban J connectivity index is 4.16. The molecular weight excluding hydrogens is 266 g/mol. The molecule has 0 radical (unpaired) electrons. The van der Waals surface area contributed by atoms with E-state index in [2.05, 4.69) is 24.8 Å². The van der Waals surface area contributed by atoms with Crippen molar-refractivity contribution in [3.05, 3.63) is 0 Å². The van der Waals surface area contributed by atoms with Gasteiger partial charge in [-0.05, 0) is 50.6 Å². The minimum Gasteiger partial charge on any atom is -0.320 e. The molecule has 0 bridgehead atoms. The molecule has 0 fully saturated rings. The number of thiol groups is 1. The summed E-state index contributed by atoms with van der Waals surface area (Å²) in [5.41, 5.74) is 0. The van der Waals surface area contributed by atoms with Gasteiger partial charge in [0.15, 0.2) is 0 Å². The van der Waals surface area contributed by atoms with Gasteiger partial charge in [0.25, 0.3) is 0 Å². The quantitative estimate of drug-likeness (QED) is 0.330. The van der Waals surface area contributed by atoms with E-state index in [0.29, 0.717) is 0 Å². The Hall–Kier alpha value is 1.01. The summed E-state index contributed by atoms with van der Waals surface area (Å²) in [5.74, 6) is 0. The Morgan fingerprint density at radius 2 is 1.88 bits per heavy atom. The number of nitrogens with one attached hydrogen (secondary N) is 1. The van der Waals surface area contributed by atoms with Crippen molar-refractivity contribution in [2.75, 3.05) is 31.2 Å². The predicted molar refractivity (Wildman–Crippen MR) is 92.0 cm³/mol. The maximum Gasteiger partial charge on any atom is 0.0313 e. The highest BCUT2D eigenvalue weighted by molar-refractivity contribution is 8.89. The lowest BCUT2D eigenvalue weighted by molar-refractivity contribution is 0.588. The van der Waals surface area contributed by atoms with E-state index in [1.54, 1.807) is 0 Å². The van der Waals surface area contributed by atoms with E-state index in [9.17, 15) is 0 Å². The molecule has 0 aromatic rings. The molecule has 0 saturated carbocycles. The molecule has 0 amide bonds. The van der Waals surface area contributed by atoms with Crippen LogP contribution >= 0.6 is 32.5 Å². The van der Waals surface area contributed by atoms with E-state index < -0.39 is 9.06 Å². The van der Waals surface area contributed by atoms with Crippen molar-refractivity contribution in [1.29, 1.82) is 0 Å². The zero-order chi connectivity index (χ0) is 13.1. The van der Waals surface area contributed by atoms with Crippen LogP contribution in [0, 0.1) is 0 Å². The molecule has 106 valence electrons. The van der Waals surface area contributed by atoms with E-state index in [-0.39, 0.29) is 0 Å². The van der Waals surface area contributed by atoms with Gasteiger partial charge in [0.2, 0.25) is 0 Å². The van der Waals surface area contributed by atoms with Crippen molar-refractivity contribution in [2.45, 2.75) is 50.7 Å². The largest absolute Gasteiger partial charge is 0.320 e. The molecule has 1 N–H and O–H groups in total. The first kappa shape index (κ1) is 18.0. The Bertz CT molecular complexity index is 164. The monoisotopic (exact) mass is 297 g/mol. The Morgan fingerprint density at radius 1 is 1.24 bits per heavy atom. The van der Waals surface area contributed by atoms with Crippen LogP contribution < -0.4 is 5.32 Å². The maximum atomic E-state index is 5.01. The highest BCUT2D eigenvalue weighted by Gasteiger charge is 2.24. The van der Waals surface area contributed by atoms with Gasteiger partial charge in [-0.25, -0.2) is 0 Å². The van der Waals surface area contributed by atoms with E-state index in [1.807, 2.05) is 18.8 Å². The average molecular weight is 298 g/mol. The minimum absolute atomic E-state index is 0.704. The molecule has 17 heavy (non-hydrogen) atoms. The third-order valence-corrected chi connectivity index (χ3v) is 9.76. The summed E-state index contributed by atoms with van der Waals surface area (Å²) in [6, 6.07) is 0. The molecule has 0 rings (SSSR count). The molecule has 0 aromatic carbocycles. The van der Waals surface area contributed by atoms with Crippen molar-refractivity contribution in [2.24, 2.45) is 0 Å². The van der Waals surface area contributed by atoms with Gasteiger partial charge in [0.05, 0.1) is 0 Å². The highest BCUT2D eigenvalue weighted by Crippen LogP contribution is 2.58. The van der Waals surface area contributed by atoms with Gasteiger partial charge >= 0.3 is 0 Å². The molecule has 0 heterocycles. The van der Waals surface area contributed by atoms with Crippen LogP contribution in [-0.2, 0) is 0 Å². The van der Waals surface area contributed by atoms with Crippen molar-refractivity contribution in [3.63, 3.8) is 0 Å². The lowest BCUT2D eigenvalue weighted by atomic mass is 10.1. The summed E-state index contributed by atoms with van der Waals surface area (Å²) < 4.78 is 0. The van der Waals surface area contributed by atoms with Crippen LogP contribution in [0.3, 0.4) is 0 Å². The van der Waals surface area contributed by atoms with Crippen molar-refractivity contribution in [3.8, 4) is 0 Å². The van der Waals surface area contributed by atoms with Crippen molar-refractivity contribution in [1.82, 2.24) is 5.32 Å². The van der Waals surface area contributed by atoms with Crippen LogP contribution in [0.25, 0.3) is 0 Å². The van der Waals surface area contributed by atoms with Gasteiger partial charge in [0, 0.05) is 5.08 Å². The van der Waals surface area contributed by atoms with Crippen LogP contribution in [0.4, 0.5) is 0 Å². The Morgan fingerprint density at radius 3 is 2.41 bits per heavy atom. The molecule has 2 atom stereocenters. The summed E-state index contributed by atoms with van der Waals surface area (Å²) in [6.45, 7) is 3.43. The van der Waals surface area contributed by atoms with Gasteiger partial charge in [-0.2, -0.15) is 20.8 Å². The summed E-state index contributed by atoms with van der Waals surface area (Å²) in [4.78, 5) is 0. The lowest BCUT2D eigenvalue weighted by Gasteiger charge is -2.38. The molecule has 4 heteroatoms. The van der Waals surface area contributed by atoms with Crippen LogP contribution in [0.15, 0.2) is 0 Å². The van der Waals surface area contributed by atoms with Crippen LogP contribution in [-0.4, -0.2) is 36.4 Å². The highest BCUT2D eigenvalue weighted by atomic mass is 33.1. The molecule has 0 aromatic heterocycles. The fourth-order valence-electron chi connectivity index (χ4n) is 2.12. The predicted octanol–water partition coefficient (Wildman–Crippen LogP) is 4.53. The molecule has 1 nitrogen and oxygen atoms in total. The fraction of sp³-hybridized carbons (Fsp3) is 1.00. The summed E-state index contributed by atoms with van der Waals surface area (Å²) in [5, 5.41) is 5.34. The lowest BCUT2D eigenvalue weighted by Crippen LogP contribution is -2.18. The Labute approximate surface area is 119 Å². The first-order valence-corrected chi connectivity index (χ1v) is 11.4. The first-order valence-electron chi connectivity index (χ1n) is 6.69. The minimum atomic E-state index is -0.704. The zero-order valence-corrected chi connectivity index (χ0v) is 14.5. The van der Waals surface area contributed by atoms with Crippen molar-refractivity contribution >= 4 is 32.5 Å². The molecule has 0 saturated heterocycles. The van der Waals surface area contributed by atoms with E-state index >= 15 is 0 Å². The van der Waals surface area contributed by atoms with E-state index in [4.69, 9.17) is 11.7 Å². The number of thioether (sulfide) groups is 1. The summed E-state index contributed by atoms with van der Waals surface area (Å²) >= 11 is 6.97. The van der Waals surface area contributed by atoms with Crippen LogP contribution in [0.2, 0.25) is 0 Å². The van der Waals surface area contributed by atoms with Gasteiger partial charge in [-0.15, -0.1) is 11.7 Å². The molecular formula is C13H31NS3. The number of hydrogen-bond donors (Lipinski definition) is 2. The molecule has 2 unspecified atom stereocenters. The summed E-state index contributed by atoms with van der Waals surface area (Å²) in [6.07, 6.45) is 12.7. The van der Waals surface area contributed by atoms with Crippen LogP contribution in [0.5, 0.6) is 0 Å². The second-order valence-corrected chi connectivity index (χ2v) is 11.8. The first-order chi connectivity index (χ1) is 8.08. The fourth-order valence-corrected chi connectivity index (χ4v) is 7.72. The molecule has 0 aliphatic rings. The van der Waals surface area contributed by atoms with E-state index in [1.165, 1.54) is 43.6 Å². The number of hydrogen-bond acceptors (Lipinski definition) is 3. The third kappa shape index (κ3) is 8.68. The molecule has 0 aliphatic carbocycles. The Kier molecular flexibility index (Phi) is 11.5. The summed E-state index contributed by atoms with van der Waals surface area (Å²) in [7, 11) is 1.34. The third-order valence-electron chi connectivity index (χ3n) is 3.16. The second kappa shape index (κ2) is 10.9. The van der Waals surface area contributed by atoms with Crippen molar-refractivity contribution < 1.29 is 0 Å². The maximum absolute atomic E-state index is 5.01. The van der Waals surface area contributed by atoms with Gasteiger partial charge in [-0.1, -0.05) is 26.2 Å². The molecule has 0 spiro atoms. The standard InChI is InChI=1S/C13H31NS3/c1-5-6-7-9-13(10-8-11-14-2)17(4,15)12-16-3/h13-15H,5-12H2,1-4H3. The normalized spacial score (nSPS) is 18.6. The zero-order valence-electron chi connectivity index (χ0n) is 12.0. The van der Waals surface area contributed by atoms with E-state index in [0.717, 1.165) is 11.8 Å².